The molecular weight excluding hydrogens is 168 g/mol. The average molecular weight is 182 g/mol. The third-order valence-electron chi connectivity index (χ3n) is 2.95. The molecule has 13 heavy (non-hydrogen) atoms. The SMILES string of the molecule is CN1C(=O)[C@H]2CCCC[C@@H]1C(=O)N2. The van der Waals surface area contributed by atoms with Crippen LogP contribution in [-0.2, 0) is 9.59 Å². The molecule has 0 aliphatic carbocycles. The van der Waals surface area contributed by atoms with E-state index in [9.17, 15) is 9.59 Å². The van der Waals surface area contributed by atoms with E-state index in [1.807, 2.05) is 0 Å². The lowest BCUT2D eigenvalue weighted by molar-refractivity contribution is -0.149. The van der Waals surface area contributed by atoms with Crippen molar-refractivity contribution in [2.75, 3.05) is 7.05 Å². The summed E-state index contributed by atoms with van der Waals surface area (Å²) in [5, 5.41) is 2.77. The van der Waals surface area contributed by atoms with E-state index in [0.717, 1.165) is 25.7 Å². The molecule has 72 valence electrons. The molecule has 3 aliphatic rings. The quantitative estimate of drug-likeness (QED) is 0.568. The Labute approximate surface area is 77.3 Å². The molecule has 0 aromatic heterocycles. The molecule has 1 N–H and O–H groups in total. The Kier molecular flexibility index (Phi) is 1.98. The number of fused-ring (bicyclic) bond motifs is 5. The zero-order valence-corrected chi connectivity index (χ0v) is 7.75. The zero-order chi connectivity index (χ0) is 9.42. The highest BCUT2D eigenvalue weighted by Crippen LogP contribution is 2.21. The predicted molar refractivity (Wildman–Crippen MR) is 47.0 cm³/mol. The number of amides is 2. The topological polar surface area (TPSA) is 49.4 Å². The van der Waals surface area contributed by atoms with Crippen LogP contribution in [0.4, 0.5) is 0 Å². The molecule has 3 saturated heterocycles. The summed E-state index contributed by atoms with van der Waals surface area (Å²) < 4.78 is 0. The van der Waals surface area contributed by atoms with E-state index in [2.05, 4.69) is 5.32 Å². The smallest absolute Gasteiger partial charge is 0.245 e. The van der Waals surface area contributed by atoms with Crippen LogP contribution in [0.5, 0.6) is 0 Å². The van der Waals surface area contributed by atoms with Crippen molar-refractivity contribution in [3.63, 3.8) is 0 Å². The highest BCUT2D eigenvalue weighted by molar-refractivity contribution is 5.96. The van der Waals surface area contributed by atoms with Crippen LogP contribution in [0.15, 0.2) is 0 Å². The maximum atomic E-state index is 11.6. The second-order valence-electron chi connectivity index (χ2n) is 3.81. The molecule has 2 atom stereocenters. The second-order valence-corrected chi connectivity index (χ2v) is 3.81. The number of hydrogen-bond donors (Lipinski definition) is 1. The third kappa shape index (κ3) is 1.30. The second kappa shape index (κ2) is 3.01. The fraction of sp³-hybridized carbons (Fsp3) is 0.778. The fourth-order valence-electron chi connectivity index (χ4n) is 2.11. The maximum absolute atomic E-state index is 11.6. The number of rotatable bonds is 0. The van der Waals surface area contributed by atoms with Crippen LogP contribution in [0.3, 0.4) is 0 Å². The van der Waals surface area contributed by atoms with Crippen LogP contribution in [0.25, 0.3) is 0 Å². The van der Waals surface area contributed by atoms with Gasteiger partial charge in [-0.2, -0.15) is 0 Å². The van der Waals surface area contributed by atoms with Crippen molar-refractivity contribution in [1.29, 1.82) is 0 Å². The number of hydrogen-bond acceptors (Lipinski definition) is 2. The van der Waals surface area contributed by atoms with Gasteiger partial charge in [0.15, 0.2) is 0 Å². The summed E-state index contributed by atoms with van der Waals surface area (Å²) in [7, 11) is 1.73. The molecule has 3 aliphatic heterocycles. The molecule has 3 heterocycles. The van der Waals surface area contributed by atoms with Gasteiger partial charge in [0.2, 0.25) is 11.8 Å². The summed E-state index contributed by atoms with van der Waals surface area (Å²) in [6, 6.07) is -0.474. The van der Waals surface area contributed by atoms with Crippen molar-refractivity contribution >= 4 is 11.8 Å². The van der Waals surface area contributed by atoms with Crippen molar-refractivity contribution in [3.8, 4) is 0 Å². The standard InChI is InChI=1S/C9H14N2O2/c1-11-7-5-3-2-4-6(9(11)13)10-8(7)12/h6-7H,2-5H2,1H3,(H,10,12)/t6-,7-/m1/s1. The molecule has 0 aromatic carbocycles. The van der Waals surface area contributed by atoms with Gasteiger partial charge in [-0.1, -0.05) is 12.8 Å². The predicted octanol–water partition coefficient (Wildman–Crippen LogP) is -0.114. The Morgan fingerprint density at radius 3 is 2.77 bits per heavy atom. The van der Waals surface area contributed by atoms with Crippen molar-refractivity contribution in [1.82, 2.24) is 10.2 Å². The Morgan fingerprint density at radius 2 is 2.00 bits per heavy atom. The molecule has 4 heteroatoms. The van der Waals surface area contributed by atoms with Crippen molar-refractivity contribution in [3.05, 3.63) is 0 Å². The third-order valence-corrected chi connectivity index (χ3v) is 2.95. The Morgan fingerprint density at radius 1 is 1.31 bits per heavy atom. The highest BCUT2D eigenvalue weighted by atomic mass is 16.2. The largest absolute Gasteiger partial charge is 0.343 e. The zero-order valence-electron chi connectivity index (χ0n) is 7.75. The van der Waals surface area contributed by atoms with Gasteiger partial charge in [-0.3, -0.25) is 9.59 Å². The summed E-state index contributed by atoms with van der Waals surface area (Å²) in [5.74, 6) is 0.0936. The lowest BCUT2D eigenvalue weighted by atomic mass is 9.94. The summed E-state index contributed by atoms with van der Waals surface area (Å²) in [6.45, 7) is 0. The van der Waals surface area contributed by atoms with Crippen LogP contribution in [-0.4, -0.2) is 35.8 Å². The first-order valence-corrected chi connectivity index (χ1v) is 4.77. The van der Waals surface area contributed by atoms with Crippen LogP contribution in [0.1, 0.15) is 25.7 Å². The minimum Gasteiger partial charge on any atom is -0.343 e. The Balaban J connectivity index is 2.26. The van der Waals surface area contributed by atoms with E-state index in [4.69, 9.17) is 0 Å². The van der Waals surface area contributed by atoms with Crippen LogP contribution in [0, 0.1) is 0 Å². The van der Waals surface area contributed by atoms with E-state index in [1.165, 1.54) is 0 Å². The molecule has 2 bridgehead atoms. The van der Waals surface area contributed by atoms with E-state index in [-0.39, 0.29) is 23.9 Å². The molecule has 4 nitrogen and oxygen atoms in total. The molecule has 0 spiro atoms. The number of carbonyl (C=O) groups is 2. The van der Waals surface area contributed by atoms with Gasteiger partial charge in [-0.05, 0) is 12.8 Å². The number of nitrogens with zero attached hydrogens (tertiary/aromatic N) is 1. The van der Waals surface area contributed by atoms with Crippen molar-refractivity contribution < 1.29 is 9.59 Å². The van der Waals surface area contributed by atoms with Gasteiger partial charge in [0.05, 0.1) is 0 Å². The van der Waals surface area contributed by atoms with Crippen molar-refractivity contribution in [2.45, 2.75) is 37.8 Å². The monoisotopic (exact) mass is 182 g/mol. The normalized spacial score (nSPS) is 34.1. The maximum Gasteiger partial charge on any atom is 0.245 e. The van der Waals surface area contributed by atoms with E-state index in [0.29, 0.717) is 0 Å². The number of carbonyl (C=O) groups excluding carboxylic acids is 2. The van der Waals surface area contributed by atoms with E-state index < -0.39 is 0 Å². The van der Waals surface area contributed by atoms with Crippen LogP contribution in [0.2, 0.25) is 0 Å². The summed E-state index contributed by atoms with van der Waals surface area (Å²) >= 11 is 0. The lowest BCUT2D eigenvalue weighted by Gasteiger charge is -2.38. The molecule has 0 saturated carbocycles. The van der Waals surface area contributed by atoms with Gasteiger partial charge < -0.3 is 10.2 Å². The molecular formula is C9H14N2O2. The molecule has 2 amide bonds. The number of nitrogens with one attached hydrogen (secondary N) is 1. The van der Waals surface area contributed by atoms with Gasteiger partial charge in [0.1, 0.15) is 12.1 Å². The Bertz CT molecular complexity index is 248. The first kappa shape index (κ1) is 8.53. The molecule has 3 fully saturated rings. The van der Waals surface area contributed by atoms with Crippen LogP contribution < -0.4 is 5.32 Å². The number of piperazine rings is 1. The lowest BCUT2D eigenvalue weighted by Crippen LogP contribution is -2.62. The van der Waals surface area contributed by atoms with Gasteiger partial charge in [-0.15, -0.1) is 0 Å². The summed E-state index contributed by atoms with van der Waals surface area (Å²) in [6.07, 6.45) is 3.69. The van der Waals surface area contributed by atoms with E-state index in [1.54, 1.807) is 11.9 Å². The Hall–Kier alpha value is -1.06. The first-order chi connectivity index (χ1) is 6.20. The average Bonchev–Trinajstić information content (AvgIpc) is 2.07. The minimum absolute atomic E-state index is 0.0202. The molecule has 0 aromatic rings. The molecule has 3 rings (SSSR count). The van der Waals surface area contributed by atoms with Gasteiger partial charge in [-0.25, -0.2) is 0 Å². The van der Waals surface area contributed by atoms with E-state index >= 15 is 0 Å². The first-order valence-electron chi connectivity index (χ1n) is 4.77. The van der Waals surface area contributed by atoms with Crippen LogP contribution >= 0.6 is 0 Å². The summed E-state index contributed by atoms with van der Waals surface area (Å²) in [4.78, 5) is 24.7. The summed E-state index contributed by atoms with van der Waals surface area (Å²) in [5.41, 5.74) is 0. The van der Waals surface area contributed by atoms with Gasteiger partial charge >= 0.3 is 0 Å². The van der Waals surface area contributed by atoms with Gasteiger partial charge in [0.25, 0.3) is 0 Å². The molecule has 0 unspecified atom stereocenters. The number of likely N-dealkylation sites (N-methyl/N-ethyl adjacent to an activating group) is 1. The van der Waals surface area contributed by atoms with Gasteiger partial charge in [0, 0.05) is 7.05 Å². The fourth-order valence-corrected chi connectivity index (χ4v) is 2.11. The minimum atomic E-state index is -0.256. The molecule has 0 radical (unpaired) electrons. The highest BCUT2D eigenvalue weighted by Gasteiger charge is 2.39. The van der Waals surface area contributed by atoms with Crippen molar-refractivity contribution in [2.24, 2.45) is 0 Å².